The summed E-state index contributed by atoms with van der Waals surface area (Å²) in [6.45, 7) is 2.54. The fourth-order valence-electron chi connectivity index (χ4n) is 1.56. The first-order valence-electron chi connectivity index (χ1n) is 5.69. The molecule has 1 heterocycles. The first kappa shape index (κ1) is 11.9. The molecule has 0 aliphatic rings. The van der Waals surface area contributed by atoms with Crippen molar-refractivity contribution in [2.24, 2.45) is 0 Å². The van der Waals surface area contributed by atoms with E-state index in [1.807, 2.05) is 43.3 Å². The van der Waals surface area contributed by atoms with E-state index in [0.29, 0.717) is 18.1 Å². The van der Waals surface area contributed by atoms with Gasteiger partial charge < -0.3 is 10.1 Å². The Morgan fingerprint density at radius 3 is 2.83 bits per heavy atom. The second-order valence-electron chi connectivity index (χ2n) is 3.57. The van der Waals surface area contributed by atoms with Crippen molar-refractivity contribution in [3.63, 3.8) is 0 Å². The van der Waals surface area contributed by atoms with Crippen LogP contribution >= 0.6 is 0 Å². The zero-order chi connectivity index (χ0) is 12.8. The Balaban J connectivity index is 2.25. The number of rotatable bonds is 4. The fraction of sp³-hybridized carbons (Fsp3) is 0.143. The summed E-state index contributed by atoms with van der Waals surface area (Å²) < 4.78 is 5.51. The second-order valence-corrected chi connectivity index (χ2v) is 3.57. The maximum absolute atomic E-state index is 8.80. The van der Waals surface area contributed by atoms with E-state index in [4.69, 9.17) is 10.00 Å². The highest BCUT2D eigenvalue weighted by atomic mass is 16.5. The van der Waals surface area contributed by atoms with Gasteiger partial charge in [-0.3, -0.25) is 0 Å². The van der Waals surface area contributed by atoms with Crippen LogP contribution in [0.3, 0.4) is 0 Å². The molecule has 4 nitrogen and oxygen atoms in total. The molecule has 1 N–H and O–H groups in total. The molecule has 18 heavy (non-hydrogen) atoms. The molecular formula is C14H13N3O. The van der Waals surface area contributed by atoms with Gasteiger partial charge >= 0.3 is 0 Å². The van der Waals surface area contributed by atoms with E-state index >= 15 is 0 Å². The van der Waals surface area contributed by atoms with Crippen LogP contribution in [0.15, 0.2) is 42.5 Å². The fourth-order valence-corrected chi connectivity index (χ4v) is 1.56. The average molecular weight is 239 g/mol. The van der Waals surface area contributed by atoms with Crippen molar-refractivity contribution in [3.05, 3.63) is 48.2 Å². The monoisotopic (exact) mass is 239 g/mol. The molecule has 0 spiro atoms. The molecule has 0 unspecified atom stereocenters. The SMILES string of the molecule is CCOc1ccccc1Nc1cccc(C#N)n1. The molecule has 0 aliphatic heterocycles. The van der Waals surface area contributed by atoms with Crippen LogP contribution in [0.1, 0.15) is 12.6 Å². The highest BCUT2D eigenvalue weighted by molar-refractivity contribution is 5.64. The number of aromatic nitrogens is 1. The number of para-hydroxylation sites is 2. The van der Waals surface area contributed by atoms with Crippen molar-refractivity contribution in [1.82, 2.24) is 4.98 Å². The highest BCUT2D eigenvalue weighted by Crippen LogP contribution is 2.26. The maximum atomic E-state index is 8.80. The van der Waals surface area contributed by atoms with Crippen molar-refractivity contribution in [3.8, 4) is 11.8 Å². The molecule has 1 aromatic carbocycles. The first-order valence-corrected chi connectivity index (χ1v) is 5.69. The Labute approximate surface area is 106 Å². The largest absolute Gasteiger partial charge is 0.492 e. The highest BCUT2D eigenvalue weighted by Gasteiger charge is 2.03. The van der Waals surface area contributed by atoms with Crippen LogP contribution in [0.5, 0.6) is 5.75 Å². The summed E-state index contributed by atoms with van der Waals surface area (Å²) in [6.07, 6.45) is 0. The van der Waals surface area contributed by atoms with Crippen LogP contribution in [0.4, 0.5) is 11.5 Å². The molecule has 0 atom stereocenters. The van der Waals surface area contributed by atoms with Gasteiger partial charge in [-0.2, -0.15) is 5.26 Å². The van der Waals surface area contributed by atoms with Gasteiger partial charge in [-0.1, -0.05) is 18.2 Å². The smallest absolute Gasteiger partial charge is 0.142 e. The summed E-state index contributed by atoms with van der Waals surface area (Å²) in [5.74, 6) is 1.39. The lowest BCUT2D eigenvalue weighted by molar-refractivity contribution is 0.342. The summed E-state index contributed by atoms with van der Waals surface area (Å²) in [7, 11) is 0. The summed E-state index contributed by atoms with van der Waals surface area (Å²) >= 11 is 0. The number of hydrogen-bond acceptors (Lipinski definition) is 4. The molecule has 4 heteroatoms. The van der Waals surface area contributed by atoms with Gasteiger partial charge in [-0.25, -0.2) is 4.98 Å². The number of nitrogens with one attached hydrogen (secondary N) is 1. The Kier molecular flexibility index (Phi) is 3.77. The third kappa shape index (κ3) is 2.77. The van der Waals surface area contributed by atoms with Crippen LogP contribution in [0.2, 0.25) is 0 Å². The second kappa shape index (κ2) is 5.69. The minimum absolute atomic E-state index is 0.383. The van der Waals surface area contributed by atoms with Gasteiger partial charge in [0.25, 0.3) is 0 Å². The van der Waals surface area contributed by atoms with E-state index in [2.05, 4.69) is 10.3 Å². The third-order valence-electron chi connectivity index (χ3n) is 2.31. The van der Waals surface area contributed by atoms with E-state index in [-0.39, 0.29) is 0 Å². The Morgan fingerprint density at radius 2 is 2.06 bits per heavy atom. The molecule has 0 bridgehead atoms. The summed E-state index contributed by atoms with van der Waals surface area (Å²) in [6, 6.07) is 14.9. The van der Waals surface area contributed by atoms with Crippen molar-refractivity contribution in [2.45, 2.75) is 6.92 Å². The predicted octanol–water partition coefficient (Wildman–Crippen LogP) is 3.10. The molecule has 90 valence electrons. The number of benzene rings is 1. The van der Waals surface area contributed by atoms with Crippen molar-refractivity contribution < 1.29 is 4.74 Å². The number of pyridine rings is 1. The standard InChI is InChI=1S/C14H13N3O/c1-2-18-13-8-4-3-7-12(13)17-14-9-5-6-11(10-15)16-14/h3-9H,2H2,1H3,(H,16,17). The van der Waals surface area contributed by atoms with Gasteiger partial charge in [0.1, 0.15) is 23.3 Å². The number of anilines is 2. The van der Waals surface area contributed by atoms with Crippen LogP contribution in [0, 0.1) is 11.3 Å². The molecule has 0 saturated heterocycles. The third-order valence-corrected chi connectivity index (χ3v) is 2.31. The predicted molar refractivity (Wildman–Crippen MR) is 69.8 cm³/mol. The molecule has 0 radical (unpaired) electrons. The Bertz CT molecular complexity index is 575. The lowest BCUT2D eigenvalue weighted by atomic mass is 10.3. The normalized spacial score (nSPS) is 9.56. The van der Waals surface area contributed by atoms with Crippen LogP contribution in [-0.4, -0.2) is 11.6 Å². The zero-order valence-electron chi connectivity index (χ0n) is 10.1. The lowest BCUT2D eigenvalue weighted by Gasteiger charge is -2.11. The Hall–Kier alpha value is -2.54. The number of nitrogens with zero attached hydrogens (tertiary/aromatic N) is 2. The van der Waals surface area contributed by atoms with Crippen LogP contribution < -0.4 is 10.1 Å². The van der Waals surface area contributed by atoms with Crippen molar-refractivity contribution in [1.29, 1.82) is 5.26 Å². The molecular weight excluding hydrogens is 226 g/mol. The van der Waals surface area contributed by atoms with Crippen LogP contribution in [-0.2, 0) is 0 Å². The van der Waals surface area contributed by atoms with E-state index in [9.17, 15) is 0 Å². The Morgan fingerprint density at radius 1 is 1.22 bits per heavy atom. The minimum Gasteiger partial charge on any atom is -0.492 e. The first-order chi connectivity index (χ1) is 8.83. The van der Waals surface area contributed by atoms with Gasteiger partial charge in [0.05, 0.1) is 12.3 Å². The summed E-state index contributed by atoms with van der Waals surface area (Å²) in [5.41, 5.74) is 1.22. The van der Waals surface area contributed by atoms with Gasteiger partial charge in [0.2, 0.25) is 0 Å². The molecule has 0 fully saturated rings. The van der Waals surface area contributed by atoms with E-state index in [1.54, 1.807) is 12.1 Å². The molecule has 2 aromatic rings. The van der Waals surface area contributed by atoms with Gasteiger partial charge in [0.15, 0.2) is 0 Å². The number of ether oxygens (including phenoxy) is 1. The topological polar surface area (TPSA) is 57.9 Å². The van der Waals surface area contributed by atoms with Crippen molar-refractivity contribution in [2.75, 3.05) is 11.9 Å². The summed E-state index contributed by atoms with van der Waals surface area (Å²) in [5, 5.41) is 11.9. The summed E-state index contributed by atoms with van der Waals surface area (Å²) in [4.78, 5) is 4.16. The maximum Gasteiger partial charge on any atom is 0.142 e. The van der Waals surface area contributed by atoms with Crippen LogP contribution in [0.25, 0.3) is 0 Å². The van der Waals surface area contributed by atoms with E-state index in [0.717, 1.165) is 11.4 Å². The molecule has 0 amide bonds. The minimum atomic E-state index is 0.383. The lowest BCUT2D eigenvalue weighted by Crippen LogP contribution is -1.99. The van der Waals surface area contributed by atoms with Gasteiger partial charge in [-0.05, 0) is 31.2 Å². The zero-order valence-corrected chi connectivity index (χ0v) is 10.1. The average Bonchev–Trinajstić information content (AvgIpc) is 2.41. The molecule has 0 aliphatic carbocycles. The van der Waals surface area contributed by atoms with E-state index in [1.165, 1.54) is 0 Å². The van der Waals surface area contributed by atoms with E-state index < -0.39 is 0 Å². The number of nitriles is 1. The number of hydrogen-bond donors (Lipinski definition) is 1. The van der Waals surface area contributed by atoms with Gasteiger partial charge in [-0.15, -0.1) is 0 Å². The molecule has 2 rings (SSSR count). The van der Waals surface area contributed by atoms with Gasteiger partial charge in [0, 0.05) is 0 Å². The molecule has 1 aromatic heterocycles. The molecule has 0 saturated carbocycles. The van der Waals surface area contributed by atoms with Crippen molar-refractivity contribution >= 4 is 11.5 Å². The quantitative estimate of drug-likeness (QED) is 0.890.